The Bertz CT molecular complexity index is 876. The fraction of sp³-hybridized carbons (Fsp3) is 0.118. The highest BCUT2D eigenvalue weighted by molar-refractivity contribution is 7.80. The summed E-state index contributed by atoms with van der Waals surface area (Å²) < 4.78 is 5.12. The van der Waals surface area contributed by atoms with Crippen LogP contribution in [0.2, 0.25) is 0 Å². The molecular formula is C17H16N4O2S3. The molecule has 0 saturated heterocycles. The van der Waals surface area contributed by atoms with E-state index >= 15 is 0 Å². The molecular weight excluding hydrogens is 388 g/mol. The third-order valence-electron chi connectivity index (χ3n) is 3.41. The third kappa shape index (κ3) is 4.78. The van der Waals surface area contributed by atoms with Crippen LogP contribution >= 0.6 is 34.9 Å². The summed E-state index contributed by atoms with van der Waals surface area (Å²) in [4.78, 5) is 16.5. The summed E-state index contributed by atoms with van der Waals surface area (Å²) in [6, 6.07) is 9.61. The number of nitrogens with zero attached hydrogens (tertiary/aromatic N) is 1. The van der Waals surface area contributed by atoms with Gasteiger partial charge in [0.2, 0.25) is 0 Å². The maximum Gasteiger partial charge on any atom is 0.289 e. The minimum Gasteiger partial charge on any atom is -0.497 e. The molecule has 0 spiro atoms. The summed E-state index contributed by atoms with van der Waals surface area (Å²) in [7, 11) is 1.63. The number of thiocarbonyl (C=S) groups is 1. The first-order chi connectivity index (χ1) is 12.7. The number of nitrogens with one attached hydrogen (secondary N) is 3. The number of carbonyl (C=O) groups is 1. The molecule has 0 radical (unpaired) electrons. The Kier molecular flexibility index (Phi) is 6.16. The van der Waals surface area contributed by atoms with Crippen LogP contribution in [-0.2, 0) is 6.54 Å². The quantitative estimate of drug-likeness (QED) is 0.448. The number of hydrazine groups is 1. The van der Waals surface area contributed by atoms with Crippen molar-refractivity contribution in [3.63, 3.8) is 0 Å². The standard InChI is InChI=1S/C17H16N4O2S3/c1-23-13-4-2-11(3-5-13)8-18-17(24)21-20-15(22)14-10-26-16(19-14)12-6-7-25-9-12/h2-7,9-10H,8H2,1H3,(H,20,22)(H2,18,21,24). The number of benzene rings is 1. The molecule has 0 bridgehead atoms. The molecule has 0 saturated carbocycles. The molecule has 0 aliphatic rings. The molecule has 1 amide bonds. The van der Waals surface area contributed by atoms with Gasteiger partial charge in [-0.05, 0) is 41.4 Å². The van der Waals surface area contributed by atoms with Crippen molar-refractivity contribution in [1.29, 1.82) is 0 Å². The third-order valence-corrected chi connectivity index (χ3v) is 5.23. The zero-order chi connectivity index (χ0) is 18.4. The summed E-state index contributed by atoms with van der Waals surface area (Å²) in [6.45, 7) is 0.532. The lowest BCUT2D eigenvalue weighted by Gasteiger charge is -2.11. The highest BCUT2D eigenvalue weighted by Crippen LogP contribution is 2.25. The van der Waals surface area contributed by atoms with Crippen LogP contribution in [0.1, 0.15) is 16.1 Å². The molecule has 6 nitrogen and oxygen atoms in total. The summed E-state index contributed by atoms with van der Waals surface area (Å²) in [5, 5.41) is 9.85. The van der Waals surface area contributed by atoms with E-state index < -0.39 is 0 Å². The van der Waals surface area contributed by atoms with E-state index in [1.54, 1.807) is 23.8 Å². The van der Waals surface area contributed by atoms with Gasteiger partial charge < -0.3 is 10.1 Å². The van der Waals surface area contributed by atoms with Crippen LogP contribution < -0.4 is 20.9 Å². The van der Waals surface area contributed by atoms with E-state index in [9.17, 15) is 4.79 Å². The van der Waals surface area contributed by atoms with Gasteiger partial charge in [-0.3, -0.25) is 15.6 Å². The normalized spacial score (nSPS) is 10.2. The first-order valence-corrected chi connectivity index (χ1v) is 9.84. The first kappa shape index (κ1) is 18.3. The van der Waals surface area contributed by atoms with Gasteiger partial charge in [0.05, 0.1) is 7.11 Å². The van der Waals surface area contributed by atoms with Crippen molar-refractivity contribution in [3.05, 3.63) is 57.7 Å². The highest BCUT2D eigenvalue weighted by Gasteiger charge is 2.12. The Hall–Kier alpha value is -2.49. The molecule has 0 fully saturated rings. The second kappa shape index (κ2) is 8.75. The fourth-order valence-corrected chi connectivity index (χ4v) is 3.68. The van der Waals surface area contributed by atoms with Gasteiger partial charge in [0.25, 0.3) is 5.91 Å². The van der Waals surface area contributed by atoms with E-state index in [1.807, 2.05) is 41.1 Å². The minimum atomic E-state index is -0.337. The number of methoxy groups -OCH3 is 1. The lowest BCUT2D eigenvalue weighted by atomic mass is 10.2. The van der Waals surface area contributed by atoms with Crippen molar-refractivity contribution in [2.75, 3.05) is 7.11 Å². The minimum absolute atomic E-state index is 0.322. The van der Waals surface area contributed by atoms with Crippen molar-refractivity contribution in [1.82, 2.24) is 21.2 Å². The van der Waals surface area contributed by atoms with E-state index in [2.05, 4.69) is 21.2 Å². The van der Waals surface area contributed by atoms with Crippen LogP contribution in [0.4, 0.5) is 0 Å². The van der Waals surface area contributed by atoms with Crippen LogP contribution in [0.3, 0.4) is 0 Å². The number of hydrogen-bond acceptors (Lipinski definition) is 6. The molecule has 2 heterocycles. The maximum atomic E-state index is 12.1. The zero-order valence-corrected chi connectivity index (χ0v) is 16.3. The van der Waals surface area contributed by atoms with Crippen LogP contribution in [0.25, 0.3) is 10.6 Å². The van der Waals surface area contributed by atoms with Crippen molar-refractivity contribution in [2.24, 2.45) is 0 Å². The van der Waals surface area contributed by atoms with E-state index in [4.69, 9.17) is 17.0 Å². The van der Waals surface area contributed by atoms with Crippen molar-refractivity contribution in [3.8, 4) is 16.3 Å². The summed E-state index contributed by atoms with van der Waals surface area (Å²) in [5.41, 5.74) is 7.64. The lowest BCUT2D eigenvalue weighted by molar-refractivity contribution is 0.0939. The SMILES string of the molecule is COc1ccc(CNC(=S)NNC(=O)c2csc(-c3ccsc3)n2)cc1. The molecule has 0 unspecified atom stereocenters. The Morgan fingerprint density at radius 3 is 2.69 bits per heavy atom. The van der Waals surface area contributed by atoms with E-state index in [1.165, 1.54) is 11.3 Å². The zero-order valence-electron chi connectivity index (χ0n) is 13.8. The molecule has 2 aromatic heterocycles. The average molecular weight is 405 g/mol. The summed E-state index contributed by atoms with van der Waals surface area (Å²) in [6.07, 6.45) is 0. The van der Waals surface area contributed by atoms with Crippen LogP contribution in [-0.4, -0.2) is 23.1 Å². The van der Waals surface area contributed by atoms with Gasteiger partial charge in [0.15, 0.2) is 5.11 Å². The van der Waals surface area contributed by atoms with Crippen molar-refractivity contribution >= 4 is 45.9 Å². The Morgan fingerprint density at radius 2 is 2.00 bits per heavy atom. The predicted molar refractivity (Wildman–Crippen MR) is 108 cm³/mol. The molecule has 0 aliphatic carbocycles. The summed E-state index contributed by atoms with van der Waals surface area (Å²) in [5.74, 6) is 0.461. The fourth-order valence-electron chi connectivity index (χ4n) is 2.04. The van der Waals surface area contributed by atoms with Crippen molar-refractivity contribution in [2.45, 2.75) is 6.54 Å². The second-order valence-electron chi connectivity index (χ2n) is 5.16. The van der Waals surface area contributed by atoms with Crippen LogP contribution in [0, 0.1) is 0 Å². The van der Waals surface area contributed by atoms with Gasteiger partial charge in [0.1, 0.15) is 16.5 Å². The Labute approximate surface area is 164 Å². The van der Waals surface area contributed by atoms with Gasteiger partial charge in [-0.1, -0.05) is 12.1 Å². The van der Waals surface area contributed by atoms with Crippen LogP contribution in [0.15, 0.2) is 46.5 Å². The number of thiazole rings is 1. The molecule has 0 aliphatic heterocycles. The largest absolute Gasteiger partial charge is 0.497 e. The second-order valence-corrected chi connectivity index (χ2v) is 7.21. The van der Waals surface area contributed by atoms with E-state index in [-0.39, 0.29) is 5.91 Å². The molecule has 26 heavy (non-hydrogen) atoms. The Balaban J connectivity index is 1.45. The van der Waals surface area contributed by atoms with Crippen molar-refractivity contribution < 1.29 is 9.53 Å². The number of aromatic nitrogens is 1. The number of amides is 1. The highest BCUT2D eigenvalue weighted by atomic mass is 32.1. The first-order valence-electron chi connectivity index (χ1n) is 7.61. The predicted octanol–water partition coefficient (Wildman–Crippen LogP) is 3.19. The van der Waals surface area contributed by atoms with E-state index in [0.717, 1.165) is 21.9 Å². The monoisotopic (exact) mass is 404 g/mol. The maximum absolute atomic E-state index is 12.1. The van der Waals surface area contributed by atoms with Gasteiger partial charge in [-0.25, -0.2) is 4.98 Å². The smallest absolute Gasteiger partial charge is 0.289 e. The molecule has 3 rings (SSSR count). The topological polar surface area (TPSA) is 75.3 Å². The molecule has 134 valence electrons. The van der Waals surface area contributed by atoms with Crippen LogP contribution in [0.5, 0.6) is 5.75 Å². The number of carbonyl (C=O) groups excluding carboxylic acids is 1. The molecule has 3 aromatic rings. The van der Waals surface area contributed by atoms with Gasteiger partial charge in [-0.15, -0.1) is 11.3 Å². The Morgan fingerprint density at radius 1 is 1.19 bits per heavy atom. The lowest BCUT2D eigenvalue weighted by Crippen LogP contribution is -2.46. The number of ether oxygens (including phenoxy) is 1. The molecule has 0 atom stereocenters. The van der Waals surface area contributed by atoms with Gasteiger partial charge >= 0.3 is 0 Å². The van der Waals surface area contributed by atoms with Gasteiger partial charge in [0, 0.05) is 22.9 Å². The number of rotatable bonds is 5. The number of thiophene rings is 1. The molecule has 3 N–H and O–H groups in total. The van der Waals surface area contributed by atoms with E-state index in [0.29, 0.717) is 17.4 Å². The molecule has 1 aromatic carbocycles. The average Bonchev–Trinajstić information content (AvgIpc) is 3.36. The summed E-state index contributed by atoms with van der Waals surface area (Å²) >= 11 is 8.18. The number of hydrogen-bond donors (Lipinski definition) is 3. The molecule has 9 heteroatoms. The van der Waals surface area contributed by atoms with Gasteiger partial charge in [-0.2, -0.15) is 11.3 Å².